The molecule has 1 aromatic heterocycles. The van der Waals surface area contributed by atoms with Gasteiger partial charge in [-0.2, -0.15) is 0 Å². The average molecular weight is 257 g/mol. The molecule has 1 aromatic carbocycles. The maximum Gasteiger partial charge on any atom is 0.150 e. The van der Waals surface area contributed by atoms with Crippen LogP contribution in [-0.2, 0) is 11.3 Å². The van der Waals surface area contributed by atoms with Gasteiger partial charge in [-0.15, -0.1) is 0 Å². The summed E-state index contributed by atoms with van der Waals surface area (Å²) >= 11 is 0. The lowest BCUT2D eigenvalue weighted by Gasteiger charge is -2.10. The summed E-state index contributed by atoms with van der Waals surface area (Å²) in [6, 6.07) is 7.95. The number of carbonyl (C=O) groups excluding carboxylic acids is 1. The minimum Gasteiger partial charge on any atom is -0.378 e. The van der Waals surface area contributed by atoms with E-state index < -0.39 is 0 Å². The van der Waals surface area contributed by atoms with Crippen molar-refractivity contribution in [3.63, 3.8) is 0 Å². The van der Waals surface area contributed by atoms with Crippen LogP contribution in [0.15, 0.2) is 30.5 Å². The molecule has 3 nitrogen and oxygen atoms in total. The molecule has 19 heavy (non-hydrogen) atoms. The zero-order valence-electron chi connectivity index (χ0n) is 11.0. The Bertz CT molecular complexity index is 567. The summed E-state index contributed by atoms with van der Waals surface area (Å²) in [5, 5.41) is 1.20. The Hall–Kier alpha value is -1.61. The van der Waals surface area contributed by atoms with Crippen LogP contribution in [0, 0.1) is 0 Å². The molecule has 1 aliphatic rings. The summed E-state index contributed by atoms with van der Waals surface area (Å²) < 4.78 is 7.87. The fourth-order valence-electron chi connectivity index (χ4n) is 2.83. The highest BCUT2D eigenvalue weighted by Gasteiger charge is 2.14. The molecule has 0 N–H and O–H groups in total. The van der Waals surface area contributed by atoms with Crippen LogP contribution in [0.4, 0.5) is 0 Å². The van der Waals surface area contributed by atoms with E-state index in [4.69, 9.17) is 4.74 Å². The van der Waals surface area contributed by atoms with Gasteiger partial charge in [0.25, 0.3) is 0 Å². The van der Waals surface area contributed by atoms with Crippen LogP contribution in [0.2, 0.25) is 0 Å². The molecule has 0 spiro atoms. The summed E-state index contributed by atoms with van der Waals surface area (Å²) in [4.78, 5) is 10.8. The largest absolute Gasteiger partial charge is 0.378 e. The van der Waals surface area contributed by atoms with Gasteiger partial charge in [0.15, 0.2) is 0 Å². The smallest absolute Gasteiger partial charge is 0.150 e. The van der Waals surface area contributed by atoms with Crippen molar-refractivity contribution >= 4 is 17.2 Å². The van der Waals surface area contributed by atoms with Crippen LogP contribution in [0.25, 0.3) is 10.9 Å². The number of ether oxygens (including phenoxy) is 1. The second-order valence-electron chi connectivity index (χ2n) is 5.22. The second kappa shape index (κ2) is 5.57. The van der Waals surface area contributed by atoms with E-state index in [1.807, 2.05) is 18.2 Å². The van der Waals surface area contributed by atoms with Gasteiger partial charge in [-0.1, -0.05) is 12.1 Å². The maximum absolute atomic E-state index is 10.8. The molecule has 1 atom stereocenters. The van der Waals surface area contributed by atoms with Crippen molar-refractivity contribution in [1.82, 2.24) is 4.57 Å². The molecule has 1 aliphatic heterocycles. The molecular weight excluding hydrogens is 238 g/mol. The molecule has 1 fully saturated rings. The van der Waals surface area contributed by atoms with Crippen LogP contribution in [0.3, 0.4) is 0 Å². The number of aryl methyl sites for hydroxylation is 1. The summed E-state index contributed by atoms with van der Waals surface area (Å²) in [6.07, 6.45) is 8.15. The number of nitrogens with zero attached hydrogens (tertiary/aromatic N) is 1. The summed E-state index contributed by atoms with van der Waals surface area (Å²) in [5.41, 5.74) is 1.89. The number of hydrogen-bond acceptors (Lipinski definition) is 2. The van der Waals surface area contributed by atoms with Gasteiger partial charge in [0.1, 0.15) is 6.29 Å². The van der Waals surface area contributed by atoms with Crippen LogP contribution in [0.1, 0.15) is 36.0 Å². The van der Waals surface area contributed by atoms with Gasteiger partial charge >= 0.3 is 0 Å². The fraction of sp³-hybridized carbons (Fsp3) is 0.438. The van der Waals surface area contributed by atoms with E-state index in [9.17, 15) is 4.79 Å². The third-order valence-corrected chi connectivity index (χ3v) is 3.88. The van der Waals surface area contributed by atoms with E-state index in [0.717, 1.165) is 43.4 Å². The van der Waals surface area contributed by atoms with E-state index >= 15 is 0 Å². The van der Waals surface area contributed by atoms with Crippen molar-refractivity contribution in [2.75, 3.05) is 6.61 Å². The van der Waals surface area contributed by atoms with Crippen molar-refractivity contribution in [3.05, 3.63) is 36.0 Å². The van der Waals surface area contributed by atoms with E-state index in [-0.39, 0.29) is 0 Å². The number of fused-ring (bicyclic) bond motifs is 1. The molecule has 100 valence electrons. The number of hydrogen-bond donors (Lipinski definition) is 0. The minimum absolute atomic E-state index is 0.465. The fourth-order valence-corrected chi connectivity index (χ4v) is 2.83. The molecule has 0 amide bonds. The van der Waals surface area contributed by atoms with Gasteiger partial charge in [0, 0.05) is 30.4 Å². The summed E-state index contributed by atoms with van der Waals surface area (Å²) in [7, 11) is 0. The lowest BCUT2D eigenvalue weighted by Crippen LogP contribution is -2.06. The van der Waals surface area contributed by atoms with Gasteiger partial charge in [-0.25, -0.2) is 0 Å². The van der Waals surface area contributed by atoms with Gasteiger partial charge in [0.05, 0.1) is 6.10 Å². The van der Waals surface area contributed by atoms with Crippen molar-refractivity contribution in [1.29, 1.82) is 0 Å². The van der Waals surface area contributed by atoms with E-state index in [1.54, 1.807) is 0 Å². The molecule has 3 rings (SSSR count). The molecule has 0 saturated carbocycles. The summed E-state index contributed by atoms with van der Waals surface area (Å²) in [6.45, 7) is 1.92. The van der Waals surface area contributed by atoms with Crippen molar-refractivity contribution in [2.45, 2.75) is 38.3 Å². The Morgan fingerprint density at radius 3 is 3.11 bits per heavy atom. The monoisotopic (exact) mass is 257 g/mol. The number of aldehydes is 1. The molecule has 2 heterocycles. The highest BCUT2D eigenvalue weighted by atomic mass is 16.5. The highest BCUT2D eigenvalue weighted by Crippen LogP contribution is 2.20. The van der Waals surface area contributed by atoms with E-state index in [1.165, 1.54) is 18.2 Å². The molecule has 2 aromatic rings. The third kappa shape index (κ3) is 2.71. The van der Waals surface area contributed by atoms with Crippen molar-refractivity contribution in [3.8, 4) is 0 Å². The topological polar surface area (TPSA) is 31.2 Å². The lowest BCUT2D eigenvalue weighted by atomic mass is 10.1. The Kier molecular flexibility index (Phi) is 3.65. The first-order valence-corrected chi connectivity index (χ1v) is 7.02. The Balaban J connectivity index is 1.67. The Labute approximate surface area is 113 Å². The normalized spacial score (nSPS) is 19.1. The predicted octanol–water partition coefficient (Wildman–Crippen LogP) is 3.41. The first-order valence-electron chi connectivity index (χ1n) is 7.02. The molecule has 0 aliphatic carbocycles. The average Bonchev–Trinajstić information content (AvgIpc) is 3.08. The maximum atomic E-state index is 10.8. The quantitative estimate of drug-likeness (QED) is 0.769. The first kappa shape index (κ1) is 12.4. The van der Waals surface area contributed by atoms with Crippen LogP contribution < -0.4 is 0 Å². The molecule has 3 heteroatoms. The van der Waals surface area contributed by atoms with Gasteiger partial charge in [-0.05, 0) is 43.2 Å². The number of aromatic nitrogens is 1. The molecule has 1 unspecified atom stereocenters. The van der Waals surface area contributed by atoms with Gasteiger partial charge in [0.2, 0.25) is 0 Å². The van der Waals surface area contributed by atoms with Crippen LogP contribution >= 0.6 is 0 Å². The highest BCUT2D eigenvalue weighted by molar-refractivity contribution is 5.87. The van der Waals surface area contributed by atoms with Crippen LogP contribution in [-0.4, -0.2) is 23.6 Å². The SMILES string of the molecule is O=Cc1ccc2ccn(CCCC3CCCO3)c2c1. The number of benzene rings is 1. The zero-order chi connectivity index (χ0) is 13.1. The minimum atomic E-state index is 0.465. The molecule has 1 saturated heterocycles. The Morgan fingerprint density at radius 1 is 1.37 bits per heavy atom. The standard InChI is InChI=1S/C16H19NO2/c18-12-13-5-6-14-7-9-17(16(14)11-13)8-1-3-15-4-2-10-19-15/h5-7,9,11-12,15H,1-4,8,10H2. The Morgan fingerprint density at radius 2 is 2.32 bits per heavy atom. The van der Waals surface area contributed by atoms with Gasteiger partial charge in [-0.3, -0.25) is 4.79 Å². The van der Waals surface area contributed by atoms with E-state index in [2.05, 4.69) is 16.8 Å². The second-order valence-corrected chi connectivity index (χ2v) is 5.22. The number of rotatable bonds is 5. The summed E-state index contributed by atoms with van der Waals surface area (Å²) in [5.74, 6) is 0. The predicted molar refractivity (Wildman–Crippen MR) is 75.5 cm³/mol. The number of carbonyl (C=O) groups is 1. The first-order chi connectivity index (χ1) is 9.36. The molecule has 0 bridgehead atoms. The van der Waals surface area contributed by atoms with E-state index in [0.29, 0.717) is 6.10 Å². The third-order valence-electron chi connectivity index (χ3n) is 3.88. The lowest BCUT2D eigenvalue weighted by molar-refractivity contribution is 0.101. The zero-order valence-corrected chi connectivity index (χ0v) is 11.0. The molecule has 0 radical (unpaired) electrons. The van der Waals surface area contributed by atoms with Crippen molar-refractivity contribution in [2.24, 2.45) is 0 Å². The van der Waals surface area contributed by atoms with Crippen LogP contribution in [0.5, 0.6) is 0 Å². The molecular formula is C16H19NO2. The van der Waals surface area contributed by atoms with Crippen molar-refractivity contribution < 1.29 is 9.53 Å². The van der Waals surface area contributed by atoms with Gasteiger partial charge < -0.3 is 9.30 Å².